The summed E-state index contributed by atoms with van der Waals surface area (Å²) in [5.74, 6) is -1.36. The number of carbonyl (C=O) groups excluding carboxylic acids is 2. The van der Waals surface area contributed by atoms with Gasteiger partial charge in [-0.25, -0.2) is 4.79 Å². The number of carboxylic acids is 1. The maximum atomic E-state index is 12.7. The molecule has 26 heavy (non-hydrogen) atoms. The standard InChI is InChI=1S/C17H16N4O4S/c18-12-15(23)21-13(17(24)25)10(8-26-16(12)21)6-9-3-5-20(14(9)22)11-2-1-4-19-7-11/h1-2,4,6-7,12,16H,3,5,8,18H2,(H,24,25)/t12-,16-/m1/s1. The number of hydrogen-bond donors (Lipinski definition) is 2. The highest BCUT2D eigenvalue weighted by atomic mass is 32.2. The van der Waals surface area contributed by atoms with E-state index in [-0.39, 0.29) is 17.0 Å². The van der Waals surface area contributed by atoms with Crippen LogP contribution in [-0.2, 0) is 14.4 Å². The molecule has 3 aliphatic rings. The molecule has 9 heteroatoms. The number of carbonyl (C=O) groups is 3. The smallest absolute Gasteiger partial charge is 0.352 e. The lowest BCUT2D eigenvalue weighted by molar-refractivity contribution is -0.147. The van der Waals surface area contributed by atoms with Crippen molar-refractivity contribution in [3.05, 3.63) is 47.4 Å². The summed E-state index contributed by atoms with van der Waals surface area (Å²) in [6, 6.07) is 2.89. The maximum absolute atomic E-state index is 12.7. The van der Waals surface area contributed by atoms with E-state index in [9.17, 15) is 19.5 Å². The van der Waals surface area contributed by atoms with Gasteiger partial charge in [0, 0.05) is 24.1 Å². The molecule has 2 fully saturated rings. The lowest BCUT2D eigenvalue weighted by atomic mass is 10.0. The fraction of sp³-hybridized carbons (Fsp3) is 0.294. The van der Waals surface area contributed by atoms with E-state index in [1.165, 1.54) is 16.7 Å². The molecule has 4 heterocycles. The van der Waals surface area contributed by atoms with Gasteiger partial charge in [-0.15, -0.1) is 11.8 Å². The molecule has 0 radical (unpaired) electrons. The van der Waals surface area contributed by atoms with Crippen LogP contribution in [0, 0.1) is 0 Å². The average molecular weight is 372 g/mol. The first-order chi connectivity index (χ1) is 12.5. The van der Waals surface area contributed by atoms with Crippen molar-refractivity contribution in [2.75, 3.05) is 17.2 Å². The molecule has 1 aromatic heterocycles. The van der Waals surface area contributed by atoms with E-state index in [4.69, 9.17) is 5.73 Å². The summed E-state index contributed by atoms with van der Waals surface area (Å²) in [6.45, 7) is 0.509. The Morgan fingerprint density at radius 2 is 2.23 bits per heavy atom. The molecule has 3 N–H and O–H groups in total. The van der Waals surface area contributed by atoms with E-state index in [2.05, 4.69) is 4.98 Å². The van der Waals surface area contributed by atoms with Crippen LogP contribution in [0.1, 0.15) is 6.42 Å². The molecule has 0 unspecified atom stereocenters. The second-order valence-corrected chi connectivity index (χ2v) is 7.31. The minimum absolute atomic E-state index is 0.0689. The van der Waals surface area contributed by atoms with Crippen LogP contribution in [0.15, 0.2) is 47.4 Å². The van der Waals surface area contributed by atoms with E-state index in [0.29, 0.717) is 35.6 Å². The van der Waals surface area contributed by atoms with Gasteiger partial charge in [0.05, 0.1) is 11.9 Å². The fourth-order valence-electron chi connectivity index (χ4n) is 3.37. The van der Waals surface area contributed by atoms with Gasteiger partial charge in [0.1, 0.15) is 17.1 Å². The largest absolute Gasteiger partial charge is 0.477 e. The third kappa shape index (κ3) is 2.51. The Balaban J connectivity index is 1.66. The lowest BCUT2D eigenvalue weighted by Gasteiger charge is -2.47. The molecular formula is C17H16N4O4S. The van der Waals surface area contributed by atoms with Gasteiger partial charge < -0.3 is 15.7 Å². The molecule has 0 aliphatic carbocycles. The summed E-state index contributed by atoms with van der Waals surface area (Å²) in [7, 11) is 0. The van der Waals surface area contributed by atoms with Crippen molar-refractivity contribution in [2.24, 2.45) is 5.73 Å². The first kappa shape index (κ1) is 16.8. The van der Waals surface area contributed by atoms with Gasteiger partial charge in [-0.1, -0.05) is 0 Å². The van der Waals surface area contributed by atoms with Gasteiger partial charge >= 0.3 is 5.97 Å². The summed E-state index contributed by atoms with van der Waals surface area (Å²) < 4.78 is 0. The van der Waals surface area contributed by atoms with Crippen molar-refractivity contribution >= 4 is 35.2 Å². The monoisotopic (exact) mass is 372 g/mol. The number of pyridine rings is 1. The summed E-state index contributed by atoms with van der Waals surface area (Å²) in [5.41, 5.74) is 7.37. The zero-order valence-corrected chi connectivity index (χ0v) is 14.5. The van der Waals surface area contributed by atoms with E-state index in [1.54, 1.807) is 35.5 Å². The lowest BCUT2D eigenvalue weighted by Crippen LogP contribution is -2.68. The zero-order valence-electron chi connectivity index (χ0n) is 13.7. The number of anilines is 1. The highest BCUT2D eigenvalue weighted by Gasteiger charge is 2.51. The molecule has 0 saturated carbocycles. The number of hydrogen-bond acceptors (Lipinski definition) is 6. The number of thioether (sulfide) groups is 1. The number of allylic oxidation sites excluding steroid dienone is 1. The van der Waals surface area contributed by atoms with Gasteiger partial charge in [0.25, 0.3) is 5.91 Å². The maximum Gasteiger partial charge on any atom is 0.352 e. The highest BCUT2D eigenvalue weighted by molar-refractivity contribution is 8.00. The number of nitrogens with two attached hydrogens (primary N) is 1. The quantitative estimate of drug-likeness (QED) is 0.580. The Morgan fingerprint density at radius 3 is 2.92 bits per heavy atom. The van der Waals surface area contributed by atoms with Crippen molar-refractivity contribution in [1.82, 2.24) is 9.88 Å². The minimum Gasteiger partial charge on any atom is -0.477 e. The van der Waals surface area contributed by atoms with Crippen LogP contribution in [0.25, 0.3) is 0 Å². The number of rotatable bonds is 3. The molecule has 2 saturated heterocycles. The molecule has 0 aromatic carbocycles. The van der Waals surface area contributed by atoms with Crippen molar-refractivity contribution < 1.29 is 19.5 Å². The molecule has 1 aromatic rings. The number of carboxylic acid groups (broad SMARTS) is 1. The Labute approximate surface area is 153 Å². The van der Waals surface area contributed by atoms with E-state index in [1.807, 2.05) is 0 Å². The first-order valence-electron chi connectivity index (χ1n) is 8.08. The van der Waals surface area contributed by atoms with E-state index in [0.717, 1.165) is 0 Å². The Morgan fingerprint density at radius 1 is 1.42 bits per heavy atom. The van der Waals surface area contributed by atoms with Gasteiger partial charge in [-0.05, 0) is 30.2 Å². The molecule has 134 valence electrons. The third-order valence-electron chi connectivity index (χ3n) is 4.67. The van der Waals surface area contributed by atoms with Crippen LogP contribution < -0.4 is 10.6 Å². The summed E-state index contributed by atoms with van der Waals surface area (Å²) in [5, 5.41) is 9.22. The van der Waals surface area contributed by atoms with Gasteiger partial charge in [0.15, 0.2) is 0 Å². The summed E-state index contributed by atoms with van der Waals surface area (Å²) in [4.78, 5) is 43.2. The van der Waals surface area contributed by atoms with E-state index >= 15 is 0 Å². The van der Waals surface area contributed by atoms with Crippen LogP contribution in [0.5, 0.6) is 0 Å². The number of fused-ring (bicyclic) bond motifs is 1. The molecule has 2 amide bonds. The van der Waals surface area contributed by atoms with Gasteiger partial charge in [-0.3, -0.25) is 19.5 Å². The molecular weight excluding hydrogens is 356 g/mol. The van der Waals surface area contributed by atoms with Gasteiger partial charge in [0.2, 0.25) is 5.91 Å². The van der Waals surface area contributed by atoms with Crippen LogP contribution in [-0.4, -0.2) is 56.5 Å². The second-order valence-electron chi connectivity index (χ2n) is 6.20. The number of amides is 2. The predicted molar refractivity (Wildman–Crippen MR) is 95.0 cm³/mol. The molecule has 3 aliphatic heterocycles. The van der Waals surface area contributed by atoms with Gasteiger partial charge in [-0.2, -0.15) is 0 Å². The van der Waals surface area contributed by atoms with Crippen molar-refractivity contribution in [1.29, 1.82) is 0 Å². The first-order valence-corrected chi connectivity index (χ1v) is 9.13. The minimum atomic E-state index is -1.18. The second kappa shape index (κ2) is 6.26. The Hall–Kier alpha value is -2.65. The predicted octanol–water partition coefficient (Wildman–Crippen LogP) is 0.326. The van der Waals surface area contributed by atoms with Crippen molar-refractivity contribution in [3.8, 4) is 0 Å². The van der Waals surface area contributed by atoms with Crippen LogP contribution in [0.3, 0.4) is 0 Å². The fourth-order valence-corrected chi connectivity index (χ4v) is 4.62. The zero-order chi connectivity index (χ0) is 18.4. The van der Waals surface area contributed by atoms with Crippen molar-refractivity contribution in [3.63, 3.8) is 0 Å². The topological polar surface area (TPSA) is 117 Å². The molecule has 4 rings (SSSR count). The summed E-state index contributed by atoms with van der Waals surface area (Å²) >= 11 is 1.42. The van der Waals surface area contributed by atoms with Crippen molar-refractivity contribution in [2.45, 2.75) is 17.8 Å². The number of aliphatic carboxylic acids is 1. The average Bonchev–Trinajstić information content (AvgIpc) is 3.01. The molecule has 0 bridgehead atoms. The molecule has 8 nitrogen and oxygen atoms in total. The highest BCUT2D eigenvalue weighted by Crippen LogP contribution is 2.40. The molecule has 2 atom stereocenters. The van der Waals surface area contributed by atoms with Crippen LogP contribution in [0.4, 0.5) is 5.69 Å². The number of aromatic nitrogens is 1. The van der Waals surface area contributed by atoms with Crippen LogP contribution in [0.2, 0.25) is 0 Å². The Kier molecular flexibility index (Phi) is 4.04. The normalized spacial score (nSPS) is 27.0. The number of nitrogens with zero attached hydrogens (tertiary/aromatic N) is 3. The van der Waals surface area contributed by atoms with E-state index < -0.39 is 17.9 Å². The number of β-lactam (4-membered cyclic amide) rings is 1. The molecule has 0 spiro atoms. The SMILES string of the molecule is N[C@@H]1C(=O)N2C(C(=O)O)=C(C=C3CCN(c4cccnc4)C3=O)CS[C@H]12. The van der Waals surface area contributed by atoms with Crippen LogP contribution >= 0.6 is 11.8 Å². The third-order valence-corrected chi connectivity index (χ3v) is 6.00. The summed E-state index contributed by atoms with van der Waals surface area (Å²) in [6.07, 6.45) is 5.37. The Bertz CT molecular complexity index is 867.